The van der Waals surface area contributed by atoms with E-state index in [1.165, 1.54) is 6.33 Å². The summed E-state index contributed by atoms with van der Waals surface area (Å²) in [5.41, 5.74) is 1.67. The highest BCUT2D eigenvalue weighted by Crippen LogP contribution is 2.11. The predicted octanol–water partition coefficient (Wildman–Crippen LogP) is 2.39. The Kier molecular flexibility index (Phi) is 5.49. The third-order valence-corrected chi connectivity index (χ3v) is 4.36. The summed E-state index contributed by atoms with van der Waals surface area (Å²) < 4.78 is 1.70. The summed E-state index contributed by atoms with van der Waals surface area (Å²) in [5, 5.41) is 0. The lowest BCUT2D eigenvalue weighted by Gasteiger charge is -2.16. The molecule has 0 bridgehead atoms. The third-order valence-electron chi connectivity index (χ3n) is 4.36. The first-order valence-corrected chi connectivity index (χ1v) is 8.86. The molecule has 1 N–H and O–H groups in total. The molecule has 1 aromatic carbocycles. The molecule has 3 rings (SSSR count). The number of aromatic nitrogens is 4. The van der Waals surface area contributed by atoms with Crippen molar-refractivity contribution in [2.24, 2.45) is 0 Å². The second-order valence-electron chi connectivity index (χ2n) is 6.61. The second-order valence-corrected chi connectivity index (χ2v) is 6.61. The van der Waals surface area contributed by atoms with Gasteiger partial charge in [0.15, 0.2) is 5.52 Å². The number of nitrogens with zero attached hydrogens (tertiary/aromatic N) is 4. The lowest BCUT2D eigenvalue weighted by atomic mass is 10.1. The van der Waals surface area contributed by atoms with E-state index in [0.29, 0.717) is 13.1 Å². The van der Waals surface area contributed by atoms with E-state index in [1.54, 1.807) is 16.5 Å². The van der Waals surface area contributed by atoms with Crippen LogP contribution in [-0.4, -0.2) is 26.6 Å². The van der Waals surface area contributed by atoms with Crippen molar-refractivity contribution in [3.8, 4) is 0 Å². The van der Waals surface area contributed by atoms with Gasteiger partial charge in [0.1, 0.15) is 5.52 Å². The summed E-state index contributed by atoms with van der Waals surface area (Å²) in [6.45, 7) is 6.82. The number of allylic oxidation sites excluding steroid dienone is 1. The number of H-pyrrole nitrogens is 1. The monoisotopic (exact) mass is 365 g/mol. The van der Waals surface area contributed by atoms with Crippen LogP contribution in [0, 0.1) is 6.92 Å². The Morgan fingerprint density at radius 2 is 2.15 bits per heavy atom. The number of imidazole rings is 1. The molecular formula is C20H23N5O2. The zero-order valence-corrected chi connectivity index (χ0v) is 15.6. The van der Waals surface area contributed by atoms with Crippen LogP contribution in [0.15, 0.2) is 52.8 Å². The first-order chi connectivity index (χ1) is 13.0. The lowest BCUT2D eigenvalue weighted by Crippen LogP contribution is -2.22. The van der Waals surface area contributed by atoms with Crippen LogP contribution >= 0.6 is 0 Å². The van der Waals surface area contributed by atoms with Gasteiger partial charge in [0.25, 0.3) is 5.56 Å². The van der Waals surface area contributed by atoms with Crippen LogP contribution < -0.4 is 16.0 Å². The molecule has 2 heterocycles. The van der Waals surface area contributed by atoms with E-state index in [4.69, 9.17) is 0 Å². The molecule has 7 nitrogen and oxygen atoms in total. The second kappa shape index (κ2) is 7.99. The maximum Gasteiger partial charge on any atom is 0.301 e. The molecule has 0 amide bonds. The Balaban J connectivity index is 1.99. The number of hydrogen-bond acceptors (Lipinski definition) is 5. The highest BCUT2D eigenvalue weighted by Gasteiger charge is 2.13. The third kappa shape index (κ3) is 4.13. The van der Waals surface area contributed by atoms with E-state index in [0.717, 1.165) is 24.0 Å². The van der Waals surface area contributed by atoms with Gasteiger partial charge in [-0.05, 0) is 25.3 Å². The molecule has 0 spiro atoms. The number of anilines is 1. The minimum atomic E-state index is -0.517. The van der Waals surface area contributed by atoms with Gasteiger partial charge >= 0.3 is 5.56 Å². The molecule has 0 aliphatic rings. The number of aromatic amines is 1. The number of rotatable bonds is 7. The first kappa shape index (κ1) is 18.6. The van der Waals surface area contributed by atoms with Gasteiger partial charge < -0.3 is 9.47 Å². The van der Waals surface area contributed by atoms with Crippen LogP contribution in [0.4, 0.5) is 5.95 Å². The van der Waals surface area contributed by atoms with Gasteiger partial charge in [-0.1, -0.05) is 35.9 Å². The van der Waals surface area contributed by atoms with Crippen LogP contribution in [0.3, 0.4) is 0 Å². The van der Waals surface area contributed by atoms with Crippen LogP contribution in [0.1, 0.15) is 24.0 Å². The molecule has 0 aliphatic carbocycles. The molecule has 0 aliphatic heterocycles. The molecule has 7 heteroatoms. The minimum Gasteiger partial charge on any atom is -0.341 e. The van der Waals surface area contributed by atoms with Crippen LogP contribution in [0.2, 0.25) is 0 Å². The summed E-state index contributed by atoms with van der Waals surface area (Å²) in [6, 6.07) is 8.05. The van der Waals surface area contributed by atoms with Crippen LogP contribution in [-0.2, 0) is 13.1 Å². The summed E-state index contributed by atoms with van der Waals surface area (Å²) in [6.07, 6.45) is 4.97. The van der Waals surface area contributed by atoms with Crippen molar-refractivity contribution in [1.82, 2.24) is 19.5 Å². The summed E-state index contributed by atoms with van der Waals surface area (Å²) in [5.74, 6) is 0.224. The highest BCUT2D eigenvalue weighted by molar-refractivity contribution is 5.72. The number of unbranched alkanes of at least 4 members (excludes halogenated alkanes) is 1. The van der Waals surface area contributed by atoms with E-state index in [-0.39, 0.29) is 22.5 Å². The molecular weight excluding hydrogens is 342 g/mol. The minimum absolute atomic E-state index is 0.0880. The van der Waals surface area contributed by atoms with Gasteiger partial charge in [-0.15, -0.1) is 6.58 Å². The number of benzene rings is 1. The zero-order chi connectivity index (χ0) is 19.4. The molecule has 2 aromatic heterocycles. The Bertz CT molecular complexity index is 1080. The van der Waals surface area contributed by atoms with Gasteiger partial charge in [0.2, 0.25) is 5.95 Å². The van der Waals surface area contributed by atoms with E-state index < -0.39 is 5.56 Å². The fourth-order valence-corrected chi connectivity index (χ4v) is 3.03. The molecule has 0 atom stereocenters. The van der Waals surface area contributed by atoms with Crippen LogP contribution in [0.25, 0.3) is 11.0 Å². The molecule has 140 valence electrons. The summed E-state index contributed by atoms with van der Waals surface area (Å²) in [7, 11) is 1.79. The van der Waals surface area contributed by atoms with Crippen molar-refractivity contribution in [3.05, 3.63) is 75.1 Å². The lowest BCUT2D eigenvalue weighted by molar-refractivity contribution is 0.664. The quantitative estimate of drug-likeness (QED) is 0.513. The fraction of sp³-hybridized carbons (Fsp3) is 0.300. The standard InChI is InChI=1S/C20H23N5O2/c1-4-5-6-10-25-13-21-16-17(25)19(27)23-20(22-18(16)26)24(3)12-15-9-7-8-14(2)11-15/h4,7-9,11,13H,1,5-6,10,12H2,2-3H3,(H,22,23,26,27). The molecule has 27 heavy (non-hydrogen) atoms. The average Bonchev–Trinajstić information content (AvgIpc) is 3.00. The van der Waals surface area contributed by atoms with Gasteiger partial charge in [-0.25, -0.2) is 4.98 Å². The highest BCUT2D eigenvalue weighted by atomic mass is 16.1. The number of fused-ring (bicyclic) bond motifs is 1. The normalized spacial score (nSPS) is 10.9. The van der Waals surface area contributed by atoms with Gasteiger partial charge in [-0.2, -0.15) is 4.98 Å². The fourth-order valence-electron chi connectivity index (χ4n) is 3.03. The van der Waals surface area contributed by atoms with Crippen molar-refractivity contribution < 1.29 is 0 Å². The van der Waals surface area contributed by atoms with Crippen molar-refractivity contribution in [2.45, 2.75) is 32.9 Å². The maximum atomic E-state index is 12.7. The van der Waals surface area contributed by atoms with Crippen molar-refractivity contribution in [1.29, 1.82) is 0 Å². The first-order valence-electron chi connectivity index (χ1n) is 8.86. The molecule has 0 unspecified atom stereocenters. The Morgan fingerprint density at radius 3 is 2.89 bits per heavy atom. The number of aryl methyl sites for hydroxylation is 2. The van der Waals surface area contributed by atoms with E-state index in [9.17, 15) is 9.59 Å². The molecule has 0 saturated heterocycles. The van der Waals surface area contributed by atoms with Crippen molar-refractivity contribution in [2.75, 3.05) is 11.9 Å². The Labute approximate surface area is 157 Å². The van der Waals surface area contributed by atoms with Gasteiger partial charge in [0.05, 0.1) is 6.33 Å². The Morgan fingerprint density at radius 1 is 1.33 bits per heavy atom. The number of nitrogens with one attached hydrogen (secondary N) is 1. The van der Waals surface area contributed by atoms with Crippen LogP contribution in [0.5, 0.6) is 0 Å². The molecule has 0 radical (unpaired) electrons. The number of hydrogen-bond donors (Lipinski definition) is 1. The predicted molar refractivity (Wildman–Crippen MR) is 107 cm³/mol. The molecule has 0 saturated carbocycles. The average molecular weight is 365 g/mol. The van der Waals surface area contributed by atoms with E-state index >= 15 is 0 Å². The van der Waals surface area contributed by atoms with Gasteiger partial charge in [0, 0.05) is 20.1 Å². The maximum absolute atomic E-state index is 12.7. The van der Waals surface area contributed by atoms with Gasteiger partial charge in [-0.3, -0.25) is 14.6 Å². The SMILES string of the molecule is C=CCCCn1cnc2c(=O)nc(N(C)Cc3cccc(C)c3)[nH]c(=O)c21. The van der Waals surface area contributed by atoms with Crippen molar-refractivity contribution in [3.63, 3.8) is 0 Å². The van der Waals surface area contributed by atoms with E-state index in [1.807, 2.05) is 31.2 Å². The summed E-state index contributed by atoms with van der Waals surface area (Å²) in [4.78, 5) is 37.9. The Hall–Kier alpha value is -3.22. The summed E-state index contributed by atoms with van der Waals surface area (Å²) >= 11 is 0. The molecule has 3 aromatic rings. The topological polar surface area (TPSA) is 83.9 Å². The smallest absolute Gasteiger partial charge is 0.301 e. The molecule has 0 fully saturated rings. The zero-order valence-electron chi connectivity index (χ0n) is 15.6. The largest absolute Gasteiger partial charge is 0.341 e. The van der Waals surface area contributed by atoms with E-state index in [2.05, 4.69) is 27.6 Å². The van der Waals surface area contributed by atoms with Crippen molar-refractivity contribution >= 4 is 17.0 Å².